The van der Waals surface area contributed by atoms with Crippen molar-refractivity contribution in [3.8, 4) is 11.5 Å². The van der Waals surface area contributed by atoms with E-state index in [9.17, 15) is 20.1 Å². The van der Waals surface area contributed by atoms with Gasteiger partial charge in [-0.1, -0.05) is 75.1 Å². The Labute approximate surface area is 147 Å². The average molecular weight is 363 g/mol. The molecule has 4 nitrogen and oxygen atoms in total. The lowest BCUT2D eigenvalue weighted by Crippen LogP contribution is -2.05. The van der Waals surface area contributed by atoms with Crippen LogP contribution < -0.4 is 0 Å². The second-order valence-corrected chi connectivity index (χ2v) is 6.46. The summed E-state index contributed by atoms with van der Waals surface area (Å²) >= 11 is 11.9. The van der Waals surface area contributed by atoms with Crippen molar-refractivity contribution in [3.05, 3.63) is 21.2 Å². The highest BCUT2D eigenvalue weighted by atomic mass is 35.5. The Morgan fingerprint density at radius 2 is 1.39 bits per heavy atom. The maximum atomic E-state index is 11.3. The summed E-state index contributed by atoms with van der Waals surface area (Å²) in [5.74, 6) is -2.74. The molecule has 0 heterocycles. The average Bonchev–Trinajstić information content (AvgIpc) is 2.52. The first-order valence-corrected chi connectivity index (χ1v) is 8.82. The number of rotatable bonds is 10. The van der Waals surface area contributed by atoms with Crippen LogP contribution in [0.1, 0.15) is 74.2 Å². The van der Waals surface area contributed by atoms with Gasteiger partial charge in [-0.3, -0.25) is 0 Å². The molecule has 1 aromatic rings. The van der Waals surface area contributed by atoms with Crippen LogP contribution in [0.4, 0.5) is 0 Å². The predicted octanol–water partition coefficient (Wildman–Crippen LogP) is 5.79. The number of hydrogen-bond acceptors (Lipinski definition) is 3. The Morgan fingerprint density at radius 1 is 0.870 bits per heavy atom. The van der Waals surface area contributed by atoms with E-state index in [1.165, 1.54) is 32.1 Å². The molecule has 1 aromatic carbocycles. The number of benzene rings is 1. The normalized spacial score (nSPS) is 10.9. The van der Waals surface area contributed by atoms with E-state index in [0.717, 1.165) is 19.3 Å². The van der Waals surface area contributed by atoms with Gasteiger partial charge in [0, 0.05) is 0 Å². The molecule has 0 aromatic heterocycles. The lowest BCUT2D eigenvalue weighted by molar-refractivity contribution is 0.0691. The Hall–Kier alpha value is -1.13. The van der Waals surface area contributed by atoms with Crippen LogP contribution in [0.2, 0.25) is 10.0 Å². The Morgan fingerprint density at radius 3 is 1.91 bits per heavy atom. The van der Waals surface area contributed by atoms with Gasteiger partial charge in [-0.05, 0) is 18.4 Å². The molecule has 0 unspecified atom stereocenters. The van der Waals surface area contributed by atoms with Crippen LogP contribution in [0, 0.1) is 0 Å². The number of carbonyl (C=O) groups is 1. The van der Waals surface area contributed by atoms with Gasteiger partial charge >= 0.3 is 5.97 Å². The number of halogens is 2. The van der Waals surface area contributed by atoms with Gasteiger partial charge in [-0.2, -0.15) is 0 Å². The van der Waals surface area contributed by atoms with E-state index in [1.54, 1.807) is 0 Å². The first-order valence-electron chi connectivity index (χ1n) is 8.06. The van der Waals surface area contributed by atoms with Crippen molar-refractivity contribution in [2.45, 2.75) is 64.7 Å². The largest absolute Gasteiger partial charge is 0.504 e. The number of phenols is 2. The van der Waals surface area contributed by atoms with Crippen LogP contribution in [0.3, 0.4) is 0 Å². The maximum Gasteiger partial charge on any atom is 0.339 e. The zero-order valence-electron chi connectivity index (χ0n) is 13.4. The Bertz CT molecular complexity index is 544. The highest BCUT2D eigenvalue weighted by molar-refractivity contribution is 6.44. The fourth-order valence-electron chi connectivity index (χ4n) is 2.61. The van der Waals surface area contributed by atoms with Crippen molar-refractivity contribution < 1.29 is 20.1 Å². The first-order chi connectivity index (χ1) is 10.9. The molecule has 0 bridgehead atoms. The number of carboxylic acid groups (broad SMARTS) is 1. The van der Waals surface area contributed by atoms with Crippen molar-refractivity contribution in [1.29, 1.82) is 0 Å². The minimum atomic E-state index is -1.33. The topological polar surface area (TPSA) is 77.8 Å². The van der Waals surface area contributed by atoms with Gasteiger partial charge in [0.15, 0.2) is 11.5 Å². The molecule has 6 heteroatoms. The zero-order valence-corrected chi connectivity index (χ0v) is 14.9. The van der Waals surface area contributed by atoms with Crippen molar-refractivity contribution in [2.75, 3.05) is 0 Å². The van der Waals surface area contributed by atoms with E-state index in [1.807, 2.05) is 0 Å². The van der Waals surface area contributed by atoms with Gasteiger partial charge in [0.2, 0.25) is 0 Å². The molecule has 0 atom stereocenters. The third-order valence-electron chi connectivity index (χ3n) is 3.92. The molecule has 0 saturated carbocycles. The number of phenolic OH excluding ortho intramolecular Hbond substituents is 1. The molecule has 3 N–H and O–H groups in total. The summed E-state index contributed by atoms with van der Waals surface area (Å²) in [6, 6.07) is 0. The zero-order chi connectivity index (χ0) is 17.4. The van der Waals surface area contributed by atoms with E-state index in [4.69, 9.17) is 23.2 Å². The third kappa shape index (κ3) is 5.47. The van der Waals surface area contributed by atoms with Crippen molar-refractivity contribution in [3.63, 3.8) is 0 Å². The minimum absolute atomic E-state index is 0.00214. The molecule has 0 aliphatic carbocycles. The molecule has 0 spiro atoms. The number of aromatic hydroxyl groups is 2. The molecule has 130 valence electrons. The number of carboxylic acids is 1. The van der Waals surface area contributed by atoms with Crippen LogP contribution in [-0.4, -0.2) is 21.3 Å². The van der Waals surface area contributed by atoms with E-state index >= 15 is 0 Å². The van der Waals surface area contributed by atoms with E-state index < -0.39 is 17.5 Å². The fourth-order valence-corrected chi connectivity index (χ4v) is 3.09. The summed E-state index contributed by atoms with van der Waals surface area (Å²) in [5.41, 5.74) is -0.0784. The molecule has 0 saturated heterocycles. The number of hydrogen-bond donors (Lipinski definition) is 3. The van der Waals surface area contributed by atoms with Crippen molar-refractivity contribution in [2.24, 2.45) is 0 Å². The minimum Gasteiger partial charge on any atom is -0.504 e. The van der Waals surface area contributed by atoms with Gasteiger partial charge < -0.3 is 15.3 Å². The Balaban J connectivity index is 2.64. The van der Waals surface area contributed by atoms with E-state index in [-0.39, 0.29) is 21.2 Å². The quantitative estimate of drug-likeness (QED) is 0.363. The summed E-state index contributed by atoms with van der Waals surface area (Å²) in [6.45, 7) is 2.18. The van der Waals surface area contributed by atoms with Crippen LogP contribution in [0.25, 0.3) is 0 Å². The molecule has 0 amide bonds. The van der Waals surface area contributed by atoms with Gasteiger partial charge in [0.05, 0.1) is 5.02 Å². The molecule has 1 rings (SSSR count). The number of aromatic carboxylic acids is 1. The lowest BCUT2D eigenvalue weighted by atomic mass is 9.98. The van der Waals surface area contributed by atoms with E-state index in [0.29, 0.717) is 6.42 Å². The fraction of sp³-hybridized carbons (Fsp3) is 0.588. The van der Waals surface area contributed by atoms with Crippen LogP contribution >= 0.6 is 23.2 Å². The highest BCUT2D eigenvalue weighted by Crippen LogP contribution is 2.44. The van der Waals surface area contributed by atoms with Gasteiger partial charge in [0.25, 0.3) is 0 Å². The van der Waals surface area contributed by atoms with Crippen molar-refractivity contribution >= 4 is 29.2 Å². The van der Waals surface area contributed by atoms with E-state index in [2.05, 4.69) is 6.92 Å². The molecular weight excluding hydrogens is 339 g/mol. The predicted molar refractivity (Wildman–Crippen MR) is 93.1 cm³/mol. The smallest absolute Gasteiger partial charge is 0.339 e. The van der Waals surface area contributed by atoms with Gasteiger partial charge in [0.1, 0.15) is 10.6 Å². The summed E-state index contributed by atoms with van der Waals surface area (Å²) in [5, 5.41) is 28.5. The second-order valence-electron chi connectivity index (χ2n) is 5.71. The molecule has 0 aliphatic rings. The SMILES string of the molecule is CCCCCCCCCCc1c(Cl)c(Cl)c(O)c(O)c1C(=O)O. The highest BCUT2D eigenvalue weighted by Gasteiger charge is 2.25. The van der Waals surface area contributed by atoms with Crippen LogP contribution in [-0.2, 0) is 6.42 Å². The van der Waals surface area contributed by atoms with Crippen molar-refractivity contribution in [1.82, 2.24) is 0 Å². The van der Waals surface area contributed by atoms with Crippen LogP contribution in [0.15, 0.2) is 0 Å². The molecular formula is C17H24Cl2O4. The standard InChI is InChI=1S/C17H24Cl2O4/c1-2-3-4-5-6-7-8-9-10-11-12(17(22)23)15(20)16(21)14(19)13(11)18/h20-21H,2-10H2,1H3,(H,22,23). The molecule has 0 fully saturated rings. The monoisotopic (exact) mass is 362 g/mol. The summed E-state index contributed by atoms with van der Waals surface area (Å²) in [7, 11) is 0. The summed E-state index contributed by atoms with van der Waals surface area (Å²) in [4.78, 5) is 11.3. The molecule has 23 heavy (non-hydrogen) atoms. The van der Waals surface area contributed by atoms with Gasteiger partial charge in [-0.25, -0.2) is 4.79 Å². The summed E-state index contributed by atoms with van der Waals surface area (Å²) in [6.07, 6.45) is 9.35. The second kappa shape index (κ2) is 9.89. The van der Waals surface area contributed by atoms with Gasteiger partial charge in [-0.15, -0.1) is 0 Å². The third-order valence-corrected chi connectivity index (χ3v) is 4.80. The number of unbranched alkanes of at least 4 members (excludes halogenated alkanes) is 7. The Kier molecular flexibility index (Phi) is 8.56. The maximum absolute atomic E-state index is 11.3. The molecule has 0 aliphatic heterocycles. The first kappa shape index (κ1) is 19.9. The van der Waals surface area contributed by atoms with Crippen LogP contribution in [0.5, 0.6) is 11.5 Å². The lowest BCUT2D eigenvalue weighted by Gasteiger charge is -2.13. The molecule has 0 radical (unpaired) electrons. The summed E-state index contributed by atoms with van der Waals surface area (Å²) < 4.78 is 0.